The second-order valence-electron chi connectivity index (χ2n) is 8.11. The van der Waals surface area contributed by atoms with Gasteiger partial charge in [0.2, 0.25) is 0 Å². The van der Waals surface area contributed by atoms with E-state index in [-0.39, 0.29) is 23.0 Å². The Kier molecular flexibility index (Phi) is 5.62. The number of nitrogens with zero attached hydrogens (tertiary/aromatic N) is 4. The van der Waals surface area contributed by atoms with Crippen LogP contribution >= 0.6 is 12.2 Å². The summed E-state index contributed by atoms with van der Waals surface area (Å²) in [6.07, 6.45) is 1.58. The van der Waals surface area contributed by atoms with Crippen LogP contribution in [0.15, 0.2) is 42.6 Å². The number of aromatic hydroxyl groups is 1. The number of benzene rings is 2. The molecule has 32 heavy (non-hydrogen) atoms. The van der Waals surface area contributed by atoms with Gasteiger partial charge >= 0.3 is 0 Å². The summed E-state index contributed by atoms with van der Waals surface area (Å²) in [6.45, 7) is 4.25. The highest BCUT2D eigenvalue weighted by atomic mass is 32.2. The van der Waals surface area contributed by atoms with Gasteiger partial charge in [-0.2, -0.15) is 0 Å². The monoisotopic (exact) mass is 454 g/mol. The Morgan fingerprint density at radius 1 is 1.16 bits per heavy atom. The number of likely N-dealkylation sites (N-methyl/N-ethyl adjacent to an activating group) is 1. The fourth-order valence-corrected chi connectivity index (χ4v) is 4.79. The Morgan fingerprint density at radius 2 is 1.91 bits per heavy atom. The van der Waals surface area contributed by atoms with E-state index in [1.807, 2.05) is 6.07 Å². The number of halogens is 1. The highest BCUT2D eigenvalue weighted by molar-refractivity contribution is 7.92. The van der Waals surface area contributed by atoms with Crippen LogP contribution in [0.4, 0.5) is 4.39 Å². The van der Waals surface area contributed by atoms with Crippen molar-refractivity contribution in [3.8, 4) is 11.5 Å². The van der Waals surface area contributed by atoms with E-state index in [1.54, 1.807) is 29.3 Å². The van der Waals surface area contributed by atoms with E-state index in [0.717, 1.165) is 31.7 Å². The summed E-state index contributed by atoms with van der Waals surface area (Å²) in [6, 6.07) is 9.69. The van der Waals surface area contributed by atoms with Gasteiger partial charge in [-0.15, -0.1) is 0 Å². The smallest absolute Gasteiger partial charge is 0.258 e. The Hall–Kier alpha value is -2.88. The van der Waals surface area contributed by atoms with Crippen LogP contribution in [0, 0.1) is 5.82 Å². The quantitative estimate of drug-likeness (QED) is 0.468. The molecule has 1 saturated heterocycles. The summed E-state index contributed by atoms with van der Waals surface area (Å²) in [5.74, 6) is -0.181. The highest BCUT2D eigenvalue weighted by Crippen LogP contribution is 2.45. The molecule has 3 heterocycles. The van der Waals surface area contributed by atoms with E-state index in [0.29, 0.717) is 35.3 Å². The third-order valence-corrected chi connectivity index (χ3v) is 6.73. The van der Waals surface area contributed by atoms with Gasteiger partial charge in [-0.1, -0.05) is 12.1 Å². The molecule has 0 unspecified atom stereocenters. The number of amides is 1. The molecule has 2 aromatic carbocycles. The highest BCUT2D eigenvalue weighted by Gasteiger charge is 2.36. The molecule has 1 aromatic heterocycles. The Bertz CT molecular complexity index is 1170. The number of rotatable bonds is 5. The second kappa shape index (κ2) is 8.57. The van der Waals surface area contributed by atoms with Crippen LogP contribution in [0.5, 0.6) is 11.5 Å². The lowest BCUT2D eigenvalue weighted by Gasteiger charge is -2.30. The number of phenols is 1. The first-order valence-electron chi connectivity index (χ1n) is 10.5. The third-order valence-electron chi connectivity index (χ3n) is 5.91. The van der Waals surface area contributed by atoms with Crippen LogP contribution < -0.4 is 4.18 Å². The lowest BCUT2D eigenvalue weighted by atomic mass is 10.0. The first kappa shape index (κ1) is 21.0. The second-order valence-corrected chi connectivity index (χ2v) is 8.94. The van der Waals surface area contributed by atoms with E-state index in [4.69, 9.17) is 4.18 Å². The van der Waals surface area contributed by atoms with Crippen LogP contribution in [-0.2, 0) is 13.1 Å². The molecule has 0 bridgehead atoms. The van der Waals surface area contributed by atoms with Crippen LogP contribution in [0.3, 0.4) is 0 Å². The zero-order valence-corrected chi connectivity index (χ0v) is 18.4. The molecule has 0 atom stereocenters. The summed E-state index contributed by atoms with van der Waals surface area (Å²) < 4.78 is 21.6. The number of phenolic OH excluding ortho intramolecular Hbond substituents is 1. The average molecular weight is 455 g/mol. The molecule has 0 radical (unpaired) electrons. The number of carbonyl (C=O) groups excluding carboxylic acids is 1. The number of carbonyl (C=O) groups is 1. The lowest BCUT2D eigenvalue weighted by molar-refractivity contribution is 0.0764. The van der Waals surface area contributed by atoms with Crippen molar-refractivity contribution in [2.75, 3.05) is 33.2 Å². The van der Waals surface area contributed by atoms with Gasteiger partial charge < -0.3 is 19.1 Å². The maximum atomic E-state index is 13.3. The largest absolute Gasteiger partial charge is 0.505 e. The number of piperazine rings is 1. The summed E-state index contributed by atoms with van der Waals surface area (Å²) in [4.78, 5) is 21.4. The van der Waals surface area contributed by atoms with Crippen molar-refractivity contribution < 1.29 is 18.5 Å². The predicted octanol–water partition coefficient (Wildman–Crippen LogP) is 3.42. The first-order valence-corrected chi connectivity index (χ1v) is 11.2. The van der Waals surface area contributed by atoms with Crippen LogP contribution in [-0.4, -0.2) is 63.3 Å². The molecule has 1 N–H and O–H groups in total. The summed E-state index contributed by atoms with van der Waals surface area (Å²) >= 11 is 1.27. The van der Waals surface area contributed by atoms with Crippen molar-refractivity contribution in [3.05, 3.63) is 65.1 Å². The number of aromatic nitrogens is 1. The van der Waals surface area contributed by atoms with Crippen LogP contribution in [0.2, 0.25) is 0 Å². The van der Waals surface area contributed by atoms with E-state index in [9.17, 15) is 14.3 Å². The number of pyridine rings is 1. The van der Waals surface area contributed by atoms with E-state index >= 15 is 0 Å². The van der Waals surface area contributed by atoms with Crippen molar-refractivity contribution in [3.63, 3.8) is 0 Å². The number of hydrogen-bond donors (Lipinski definition) is 1. The standard InChI is InChI=1S/C23H23FN4O3S/c1-26-9-11-28(12-10-26)32-31-22-17-3-2-8-25-20(17)21(29)19-18(22)14-27(23(19)30)13-15-4-6-16(24)7-5-15/h2-8,29H,9-14H2,1H3. The maximum absolute atomic E-state index is 13.3. The lowest BCUT2D eigenvalue weighted by Crippen LogP contribution is -2.41. The minimum atomic E-state index is -0.323. The number of fused-ring (bicyclic) bond motifs is 2. The fourth-order valence-electron chi connectivity index (χ4n) is 4.10. The minimum Gasteiger partial charge on any atom is -0.505 e. The van der Waals surface area contributed by atoms with Gasteiger partial charge in [0.05, 0.1) is 12.1 Å². The van der Waals surface area contributed by atoms with Gasteiger partial charge in [0.25, 0.3) is 5.91 Å². The number of hydrogen-bond acceptors (Lipinski definition) is 7. The Balaban J connectivity index is 1.47. The van der Waals surface area contributed by atoms with Crippen molar-refractivity contribution in [1.82, 2.24) is 19.1 Å². The predicted molar refractivity (Wildman–Crippen MR) is 121 cm³/mol. The molecule has 7 nitrogen and oxygen atoms in total. The first-order chi connectivity index (χ1) is 15.5. The minimum absolute atomic E-state index is 0.126. The molecule has 5 rings (SSSR count). The van der Waals surface area contributed by atoms with E-state index in [1.165, 1.54) is 24.4 Å². The normalized spacial score (nSPS) is 17.2. The van der Waals surface area contributed by atoms with Crippen molar-refractivity contribution >= 4 is 29.0 Å². The van der Waals surface area contributed by atoms with Crippen molar-refractivity contribution in [2.24, 2.45) is 0 Å². The third kappa shape index (κ3) is 3.87. The maximum Gasteiger partial charge on any atom is 0.258 e. The summed E-state index contributed by atoms with van der Waals surface area (Å²) in [5, 5.41) is 11.6. The molecular weight excluding hydrogens is 431 g/mol. The van der Waals surface area contributed by atoms with E-state index in [2.05, 4.69) is 21.2 Å². The molecule has 1 fully saturated rings. The molecule has 2 aliphatic heterocycles. The molecule has 3 aromatic rings. The zero-order chi connectivity index (χ0) is 22.2. The molecule has 0 spiro atoms. The van der Waals surface area contributed by atoms with Gasteiger partial charge in [-0.25, -0.2) is 8.70 Å². The summed E-state index contributed by atoms with van der Waals surface area (Å²) in [7, 11) is 2.09. The summed E-state index contributed by atoms with van der Waals surface area (Å²) in [5.41, 5.74) is 2.03. The van der Waals surface area contributed by atoms with Crippen LogP contribution in [0.1, 0.15) is 21.5 Å². The van der Waals surface area contributed by atoms with Crippen LogP contribution in [0.25, 0.3) is 10.9 Å². The van der Waals surface area contributed by atoms with Gasteiger partial charge in [-0.05, 0) is 36.9 Å². The SMILES string of the molecule is CN1CCN(SOc2c3c(c(O)c4ncccc24)C(=O)N(Cc2ccc(F)cc2)C3)CC1. The molecule has 1 amide bonds. The Labute approximate surface area is 189 Å². The Morgan fingerprint density at radius 3 is 2.66 bits per heavy atom. The fraction of sp³-hybridized carbons (Fsp3) is 0.304. The topological polar surface area (TPSA) is 69.1 Å². The molecular formula is C23H23FN4O3S. The average Bonchev–Trinajstić information content (AvgIpc) is 3.12. The molecule has 9 heteroatoms. The van der Waals surface area contributed by atoms with Gasteiger partial charge in [0.1, 0.15) is 23.6 Å². The van der Waals surface area contributed by atoms with Crippen molar-refractivity contribution in [1.29, 1.82) is 0 Å². The molecule has 166 valence electrons. The van der Waals surface area contributed by atoms with Crippen molar-refractivity contribution in [2.45, 2.75) is 13.1 Å². The van der Waals surface area contributed by atoms with Gasteiger partial charge in [0.15, 0.2) is 11.5 Å². The van der Waals surface area contributed by atoms with Gasteiger partial charge in [0, 0.05) is 49.9 Å². The zero-order valence-electron chi connectivity index (χ0n) is 17.6. The van der Waals surface area contributed by atoms with E-state index < -0.39 is 0 Å². The van der Waals surface area contributed by atoms with Gasteiger partial charge in [-0.3, -0.25) is 9.78 Å². The molecule has 0 saturated carbocycles. The molecule has 0 aliphatic carbocycles. The molecule has 2 aliphatic rings.